The van der Waals surface area contributed by atoms with E-state index in [0.29, 0.717) is 11.4 Å². The zero-order valence-electron chi connectivity index (χ0n) is 18.2. The van der Waals surface area contributed by atoms with Gasteiger partial charge in [0.15, 0.2) is 0 Å². The minimum absolute atomic E-state index is 0.0235. The lowest BCUT2D eigenvalue weighted by Crippen LogP contribution is -2.34. The van der Waals surface area contributed by atoms with E-state index >= 15 is 0 Å². The number of H-pyrrole nitrogens is 1. The van der Waals surface area contributed by atoms with Gasteiger partial charge in [-0.25, -0.2) is 10.8 Å². The first-order chi connectivity index (χ1) is 15.4. The summed E-state index contributed by atoms with van der Waals surface area (Å²) in [4.78, 5) is 19.7. The number of anilines is 1. The molecule has 3 atom stereocenters. The fourth-order valence-corrected chi connectivity index (χ4v) is 3.93. The summed E-state index contributed by atoms with van der Waals surface area (Å²) in [5.41, 5.74) is 13.8. The van der Waals surface area contributed by atoms with Gasteiger partial charge in [-0.2, -0.15) is 5.26 Å². The maximum absolute atomic E-state index is 12.6. The molecule has 168 valence electrons. The predicted octanol–water partition coefficient (Wildman–Crippen LogP) is 2.57. The average molecular weight is 435 g/mol. The Hall–Kier alpha value is -3.77. The van der Waals surface area contributed by atoms with Crippen LogP contribution >= 0.6 is 0 Å². The van der Waals surface area contributed by atoms with Crippen molar-refractivity contribution in [3.8, 4) is 6.07 Å². The van der Waals surface area contributed by atoms with Gasteiger partial charge in [-0.1, -0.05) is 25.0 Å². The maximum atomic E-state index is 12.6. The molecule has 1 heterocycles. The number of nitrogens with two attached hydrogens (primary N) is 3. The summed E-state index contributed by atoms with van der Waals surface area (Å²) in [5.74, 6) is 5.94. The summed E-state index contributed by atoms with van der Waals surface area (Å²) in [5, 5.41) is 14.3. The van der Waals surface area contributed by atoms with Crippen LogP contribution in [0.1, 0.15) is 49.8 Å². The standard InChI is InChI=1S/C23H30N8O/c1-15(31(27)13-11-24)16-6-8-18(9-7-16)29-22(26)21-20(10-12-28-23(21)32)30-19-5-3-2-4-17(19)14-25/h6-13,15,17,19H,2-5,24,27H2,1H3,(H2,26,29)(H2,28,30,32)/b13-11-/t15?,17?,19-/m0/s1. The van der Waals surface area contributed by atoms with Crippen LogP contribution in [0.5, 0.6) is 0 Å². The molecule has 1 aliphatic rings. The molecule has 0 aliphatic heterocycles. The molecule has 0 saturated heterocycles. The Balaban J connectivity index is 1.85. The summed E-state index contributed by atoms with van der Waals surface area (Å²) >= 11 is 0. The van der Waals surface area contributed by atoms with Crippen molar-refractivity contribution in [1.82, 2.24) is 9.99 Å². The summed E-state index contributed by atoms with van der Waals surface area (Å²) in [6.45, 7) is 1.95. The lowest BCUT2D eigenvalue weighted by molar-refractivity contribution is 0.308. The quantitative estimate of drug-likeness (QED) is 0.193. The van der Waals surface area contributed by atoms with Crippen molar-refractivity contribution < 1.29 is 0 Å². The molecule has 8 N–H and O–H groups in total. The van der Waals surface area contributed by atoms with Gasteiger partial charge in [0, 0.05) is 24.6 Å². The summed E-state index contributed by atoms with van der Waals surface area (Å²) < 4.78 is 0. The molecule has 1 saturated carbocycles. The van der Waals surface area contributed by atoms with E-state index in [-0.39, 0.29) is 35.0 Å². The Morgan fingerprint density at radius 3 is 2.72 bits per heavy atom. The minimum atomic E-state index is -0.335. The maximum Gasteiger partial charge on any atom is 0.261 e. The zero-order chi connectivity index (χ0) is 23.1. The molecular formula is C23H30N8O. The highest BCUT2D eigenvalue weighted by Crippen LogP contribution is 2.28. The largest absolute Gasteiger partial charge is 0.403 e. The van der Waals surface area contributed by atoms with Crippen LogP contribution in [0.4, 0.5) is 11.4 Å². The first-order valence-corrected chi connectivity index (χ1v) is 10.7. The third-order valence-electron chi connectivity index (χ3n) is 5.82. The minimum Gasteiger partial charge on any atom is -0.403 e. The molecular weight excluding hydrogens is 404 g/mol. The molecule has 0 amide bonds. The molecule has 9 nitrogen and oxygen atoms in total. The number of hydrogen-bond acceptors (Lipinski definition) is 7. The van der Waals surface area contributed by atoms with E-state index in [0.717, 1.165) is 31.2 Å². The number of rotatable bonds is 7. The van der Waals surface area contributed by atoms with Crippen molar-refractivity contribution in [2.75, 3.05) is 5.32 Å². The van der Waals surface area contributed by atoms with Crippen LogP contribution in [-0.2, 0) is 0 Å². The van der Waals surface area contributed by atoms with E-state index in [9.17, 15) is 10.1 Å². The number of pyridine rings is 1. The molecule has 1 aliphatic carbocycles. The number of amidine groups is 1. The molecule has 1 aromatic carbocycles. The molecule has 2 unspecified atom stereocenters. The number of aromatic nitrogens is 1. The Morgan fingerprint density at radius 1 is 1.31 bits per heavy atom. The first kappa shape index (κ1) is 22.9. The van der Waals surface area contributed by atoms with Crippen molar-refractivity contribution >= 4 is 17.2 Å². The normalized spacial score (nSPS) is 20.0. The highest BCUT2D eigenvalue weighted by Gasteiger charge is 2.26. The average Bonchev–Trinajstić information content (AvgIpc) is 2.79. The number of hydrazine groups is 1. The summed E-state index contributed by atoms with van der Waals surface area (Å²) in [7, 11) is 0. The van der Waals surface area contributed by atoms with Gasteiger partial charge < -0.3 is 26.8 Å². The Morgan fingerprint density at radius 2 is 2.03 bits per heavy atom. The van der Waals surface area contributed by atoms with E-state index in [1.165, 1.54) is 11.2 Å². The molecule has 0 spiro atoms. The van der Waals surface area contributed by atoms with Gasteiger partial charge in [-0.15, -0.1) is 0 Å². The lowest BCUT2D eigenvalue weighted by atomic mass is 9.85. The van der Waals surface area contributed by atoms with Crippen LogP contribution < -0.4 is 28.2 Å². The van der Waals surface area contributed by atoms with Crippen molar-refractivity contribution in [1.29, 1.82) is 5.26 Å². The number of aromatic amines is 1. The van der Waals surface area contributed by atoms with Crippen LogP contribution in [0, 0.1) is 17.2 Å². The second-order valence-electron chi connectivity index (χ2n) is 7.92. The molecule has 32 heavy (non-hydrogen) atoms. The number of nitrogens with zero attached hydrogens (tertiary/aromatic N) is 3. The van der Waals surface area contributed by atoms with Gasteiger partial charge in [0.05, 0.1) is 29.4 Å². The van der Waals surface area contributed by atoms with Crippen molar-refractivity contribution in [2.24, 2.45) is 28.2 Å². The van der Waals surface area contributed by atoms with E-state index in [2.05, 4.69) is 21.4 Å². The van der Waals surface area contributed by atoms with Crippen LogP contribution in [0.3, 0.4) is 0 Å². The SMILES string of the molecule is CC(c1ccc(N=C(N)c2c(N[C@H]3CCCCC3C#N)cc[nH]c2=O)cc1)N(N)/C=C\N. The summed E-state index contributed by atoms with van der Waals surface area (Å²) in [6, 6.07) is 11.5. The Labute approximate surface area is 187 Å². The van der Waals surface area contributed by atoms with Crippen LogP contribution in [-0.4, -0.2) is 21.9 Å². The fraction of sp³-hybridized carbons (Fsp3) is 0.348. The zero-order valence-corrected chi connectivity index (χ0v) is 18.2. The highest BCUT2D eigenvalue weighted by atomic mass is 16.1. The van der Waals surface area contributed by atoms with Gasteiger partial charge in [0.2, 0.25) is 0 Å². The molecule has 2 aromatic rings. The number of nitrogens with one attached hydrogen (secondary N) is 2. The van der Waals surface area contributed by atoms with E-state index in [1.807, 2.05) is 31.2 Å². The fourth-order valence-electron chi connectivity index (χ4n) is 3.93. The van der Waals surface area contributed by atoms with Crippen LogP contribution in [0.15, 0.2) is 58.7 Å². The van der Waals surface area contributed by atoms with Crippen LogP contribution in [0.25, 0.3) is 0 Å². The topological polar surface area (TPSA) is 162 Å². The second kappa shape index (κ2) is 10.5. The molecule has 0 radical (unpaired) electrons. The number of aliphatic imine (C=N–C) groups is 1. The molecule has 0 bridgehead atoms. The molecule has 3 rings (SSSR count). The first-order valence-electron chi connectivity index (χ1n) is 10.7. The van der Waals surface area contributed by atoms with Gasteiger partial charge in [0.25, 0.3) is 5.56 Å². The van der Waals surface area contributed by atoms with Gasteiger partial charge in [-0.05, 0) is 43.5 Å². The van der Waals surface area contributed by atoms with Gasteiger partial charge in [0.1, 0.15) is 11.4 Å². The smallest absolute Gasteiger partial charge is 0.261 e. The van der Waals surface area contributed by atoms with E-state index in [4.69, 9.17) is 17.3 Å². The lowest BCUT2D eigenvalue weighted by Gasteiger charge is -2.29. The highest BCUT2D eigenvalue weighted by molar-refractivity contribution is 6.03. The summed E-state index contributed by atoms with van der Waals surface area (Å²) in [6.07, 6.45) is 8.35. The van der Waals surface area contributed by atoms with E-state index in [1.54, 1.807) is 18.5 Å². The van der Waals surface area contributed by atoms with Crippen molar-refractivity contribution in [3.05, 3.63) is 70.4 Å². The Kier molecular flexibility index (Phi) is 7.52. The van der Waals surface area contributed by atoms with Crippen LogP contribution in [0.2, 0.25) is 0 Å². The second-order valence-corrected chi connectivity index (χ2v) is 7.92. The number of benzene rings is 1. The molecule has 1 fully saturated rings. The number of hydrogen-bond donors (Lipinski definition) is 5. The third kappa shape index (κ3) is 5.28. The van der Waals surface area contributed by atoms with Gasteiger partial charge >= 0.3 is 0 Å². The Bertz CT molecular complexity index is 1070. The van der Waals surface area contributed by atoms with Crippen molar-refractivity contribution in [2.45, 2.75) is 44.7 Å². The third-order valence-corrected chi connectivity index (χ3v) is 5.82. The van der Waals surface area contributed by atoms with Crippen molar-refractivity contribution in [3.63, 3.8) is 0 Å². The van der Waals surface area contributed by atoms with E-state index < -0.39 is 0 Å². The molecule has 1 aromatic heterocycles. The predicted molar refractivity (Wildman–Crippen MR) is 127 cm³/mol. The molecule has 9 heteroatoms. The monoisotopic (exact) mass is 434 g/mol. The van der Waals surface area contributed by atoms with Gasteiger partial charge in [-0.3, -0.25) is 4.79 Å². The number of nitriles is 1.